The van der Waals surface area contributed by atoms with Crippen LogP contribution in [0.1, 0.15) is 6.42 Å². The van der Waals surface area contributed by atoms with Gasteiger partial charge in [0.1, 0.15) is 0 Å². The highest BCUT2D eigenvalue weighted by atomic mass is 14.8. The minimum atomic E-state index is -0.227. The van der Waals surface area contributed by atoms with E-state index in [9.17, 15) is 0 Å². The summed E-state index contributed by atoms with van der Waals surface area (Å²) in [6.45, 7) is 4.52. The lowest BCUT2D eigenvalue weighted by molar-refractivity contribution is 0.648. The van der Waals surface area contributed by atoms with Gasteiger partial charge in [-0.25, -0.2) is 0 Å². The quantitative estimate of drug-likeness (QED) is 0.294. The van der Waals surface area contributed by atoms with Gasteiger partial charge in [0.25, 0.3) is 0 Å². The van der Waals surface area contributed by atoms with Gasteiger partial charge in [-0.2, -0.15) is 0 Å². The van der Waals surface area contributed by atoms with Crippen molar-refractivity contribution >= 4 is 0 Å². The Morgan fingerprint density at radius 1 is 1.30 bits per heavy atom. The zero-order valence-corrected chi connectivity index (χ0v) is 6.29. The third-order valence-corrected chi connectivity index (χ3v) is 0.667. The van der Waals surface area contributed by atoms with Crippen molar-refractivity contribution in [2.45, 2.75) is 12.6 Å². The summed E-state index contributed by atoms with van der Waals surface area (Å²) in [5.74, 6) is 0. The summed E-state index contributed by atoms with van der Waals surface area (Å²) in [6, 6.07) is 0. The van der Waals surface area contributed by atoms with Crippen LogP contribution in [-0.4, -0.2) is 19.3 Å². The van der Waals surface area contributed by atoms with E-state index in [4.69, 9.17) is 22.9 Å². The Morgan fingerprint density at radius 2 is 1.70 bits per heavy atom. The van der Waals surface area contributed by atoms with Gasteiger partial charge in [-0.05, 0) is 13.0 Å². The molecule has 0 aliphatic heterocycles. The highest BCUT2D eigenvalue weighted by Crippen LogP contribution is 1.68. The van der Waals surface area contributed by atoms with E-state index in [1.165, 1.54) is 0 Å². The maximum Gasteiger partial charge on any atom is 0.0533 e. The maximum absolute atomic E-state index is 5.10. The summed E-state index contributed by atoms with van der Waals surface area (Å²) >= 11 is 0. The van der Waals surface area contributed by atoms with Crippen molar-refractivity contribution in [3.63, 3.8) is 0 Å². The number of rotatable bonds is 3. The highest BCUT2D eigenvalue weighted by molar-refractivity contribution is 4.64. The van der Waals surface area contributed by atoms with Crippen LogP contribution in [0.4, 0.5) is 0 Å². The number of hydrogen-bond acceptors (Lipinski definition) is 4. The van der Waals surface area contributed by atoms with E-state index in [2.05, 4.69) is 6.58 Å². The van der Waals surface area contributed by atoms with Crippen LogP contribution in [0.25, 0.3) is 0 Å². The molecule has 10 heavy (non-hydrogen) atoms. The van der Waals surface area contributed by atoms with Crippen molar-refractivity contribution < 1.29 is 0 Å². The molecule has 0 radical (unpaired) electrons. The van der Waals surface area contributed by atoms with Gasteiger partial charge in [-0.3, -0.25) is 0 Å². The lowest BCUT2D eigenvalue weighted by Crippen LogP contribution is -2.32. The van der Waals surface area contributed by atoms with E-state index in [0.29, 0.717) is 19.5 Å². The molecular weight excluding hydrogens is 128 g/mol. The van der Waals surface area contributed by atoms with Crippen molar-refractivity contribution in [2.24, 2.45) is 22.9 Å². The smallest absolute Gasteiger partial charge is 0.0533 e. The Morgan fingerprint density at radius 3 is 1.70 bits per heavy atom. The standard InChI is InChI=1S/C3H11N3.C3H7N/c4-2-1-3(5)6;1-2-3-4/h3H,1-2,4-6H2;2H,1,3-4H2. The molecule has 0 aromatic carbocycles. The predicted octanol–water partition coefficient (Wildman–Crippen LogP) is -1.29. The second kappa shape index (κ2) is 11.4. The molecule has 0 bridgehead atoms. The molecule has 0 rings (SSSR count). The van der Waals surface area contributed by atoms with Gasteiger partial charge < -0.3 is 22.9 Å². The van der Waals surface area contributed by atoms with E-state index in [-0.39, 0.29) is 6.17 Å². The van der Waals surface area contributed by atoms with Crippen LogP contribution in [0.15, 0.2) is 12.7 Å². The van der Waals surface area contributed by atoms with E-state index < -0.39 is 0 Å². The summed E-state index contributed by atoms with van der Waals surface area (Å²) in [6.07, 6.45) is 2.13. The molecule has 0 saturated heterocycles. The van der Waals surface area contributed by atoms with Crippen LogP contribution >= 0.6 is 0 Å². The molecule has 0 heterocycles. The summed E-state index contributed by atoms with van der Waals surface area (Å²) in [4.78, 5) is 0. The Balaban J connectivity index is 0. The summed E-state index contributed by atoms with van der Waals surface area (Å²) in [5, 5.41) is 0. The SMILES string of the molecule is C=CCN.NCCC(N)N. The van der Waals surface area contributed by atoms with Gasteiger partial charge >= 0.3 is 0 Å². The largest absolute Gasteiger partial charge is 0.330 e. The van der Waals surface area contributed by atoms with Crippen molar-refractivity contribution in [3.05, 3.63) is 12.7 Å². The Bertz CT molecular complexity index is 62.8. The molecular formula is C6H18N4. The Labute approximate surface area is 62.2 Å². The van der Waals surface area contributed by atoms with E-state index in [0.717, 1.165) is 0 Å². The molecule has 0 aromatic heterocycles. The van der Waals surface area contributed by atoms with Crippen molar-refractivity contribution in [1.82, 2.24) is 0 Å². The minimum absolute atomic E-state index is 0.227. The second-order valence-electron chi connectivity index (χ2n) is 1.77. The average Bonchev–Trinajstić information content (AvgIpc) is 1.89. The molecule has 0 spiro atoms. The van der Waals surface area contributed by atoms with Gasteiger partial charge in [0.2, 0.25) is 0 Å². The zero-order valence-electron chi connectivity index (χ0n) is 6.29. The predicted molar refractivity (Wildman–Crippen MR) is 45.1 cm³/mol. The Hall–Kier alpha value is -0.420. The first-order chi connectivity index (χ1) is 4.68. The third-order valence-electron chi connectivity index (χ3n) is 0.667. The second-order valence-corrected chi connectivity index (χ2v) is 1.77. The normalized spacial score (nSPS) is 8.50. The fourth-order valence-electron chi connectivity index (χ4n) is 0.192. The fraction of sp³-hybridized carbons (Fsp3) is 0.667. The van der Waals surface area contributed by atoms with Crippen LogP contribution in [0.3, 0.4) is 0 Å². The van der Waals surface area contributed by atoms with Crippen molar-refractivity contribution in [1.29, 1.82) is 0 Å². The van der Waals surface area contributed by atoms with Gasteiger partial charge in [-0.1, -0.05) is 6.08 Å². The minimum Gasteiger partial charge on any atom is -0.330 e. The van der Waals surface area contributed by atoms with Crippen LogP contribution in [0.5, 0.6) is 0 Å². The van der Waals surface area contributed by atoms with Crippen molar-refractivity contribution in [2.75, 3.05) is 13.1 Å². The summed E-state index contributed by atoms with van der Waals surface area (Å²) < 4.78 is 0. The average molecular weight is 146 g/mol. The third kappa shape index (κ3) is 25.6. The monoisotopic (exact) mass is 146 g/mol. The zero-order chi connectivity index (χ0) is 8.41. The lowest BCUT2D eigenvalue weighted by Gasteiger charge is -1.97. The molecule has 8 N–H and O–H groups in total. The topological polar surface area (TPSA) is 104 Å². The van der Waals surface area contributed by atoms with Crippen LogP contribution in [0.2, 0.25) is 0 Å². The molecule has 62 valence electrons. The molecule has 0 aromatic rings. The van der Waals surface area contributed by atoms with E-state index in [1.54, 1.807) is 6.08 Å². The molecule has 4 heteroatoms. The van der Waals surface area contributed by atoms with Crippen LogP contribution < -0.4 is 22.9 Å². The van der Waals surface area contributed by atoms with Gasteiger partial charge in [0.05, 0.1) is 6.17 Å². The number of nitrogens with two attached hydrogens (primary N) is 4. The van der Waals surface area contributed by atoms with Gasteiger partial charge in [0.15, 0.2) is 0 Å². The Kier molecular flexibility index (Phi) is 14.0. The van der Waals surface area contributed by atoms with Gasteiger partial charge in [0, 0.05) is 6.54 Å². The molecule has 0 unspecified atom stereocenters. The fourth-order valence-corrected chi connectivity index (χ4v) is 0.192. The maximum atomic E-state index is 5.10. The number of hydrogen-bond donors (Lipinski definition) is 4. The van der Waals surface area contributed by atoms with Gasteiger partial charge in [-0.15, -0.1) is 6.58 Å². The molecule has 0 aliphatic carbocycles. The van der Waals surface area contributed by atoms with E-state index in [1.807, 2.05) is 0 Å². The summed E-state index contributed by atoms with van der Waals surface area (Å²) in [7, 11) is 0. The lowest BCUT2D eigenvalue weighted by atomic mass is 10.4. The molecule has 0 aliphatic rings. The molecule has 0 atom stereocenters. The molecule has 0 saturated carbocycles. The molecule has 0 amide bonds. The molecule has 0 fully saturated rings. The van der Waals surface area contributed by atoms with Crippen LogP contribution in [0, 0.1) is 0 Å². The van der Waals surface area contributed by atoms with E-state index >= 15 is 0 Å². The first kappa shape index (κ1) is 12.3. The first-order valence-corrected chi connectivity index (χ1v) is 3.21. The first-order valence-electron chi connectivity index (χ1n) is 3.21. The molecule has 4 nitrogen and oxygen atoms in total. The highest BCUT2D eigenvalue weighted by Gasteiger charge is 1.85. The van der Waals surface area contributed by atoms with Crippen LogP contribution in [-0.2, 0) is 0 Å². The summed E-state index contributed by atoms with van der Waals surface area (Å²) in [5.41, 5.74) is 20.2. The van der Waals surface area contributed by atoms with Crippen molar-refractivity contribution in [3.8, 4) is 0 Å².